The number of allylic oxidation sites excluding steroid dienone is 5. The Bertz CT molecular complexity index is 480. The molecule has 0 saturated heterocycles. The quantitative estimate of drug-likeness (QED) is 0.672. The van der Waals surface area contributed by atoms with E-state index in [0.29, 0.717) is 12.1 Å². The number of aliphatic imine (C=N–C) groups is 1. The van der Waals surface area contributed by atoms with Crippen molar-refractivity contribution in [3.05, 3.63) is 35.3 Å². The predicted molar refractivity (Wildman–Crippen MR) is 61.0 cm³/mol. The topological polar surface area (TPSA) is 38.7 Å². The fraction of sp³-hybridized carbons (Fsp3) is 0.385. The zero-order valence-corrected chi connectivity index (χ0v) is 9.19. The van der Waals surface area contributed by atoms with E-state index in [4.69, 9.17) is 4.74 Å². The fourth-order valence-corrected chi connectivity index (χ4v) is 2.52. The van der Waals surface area contributed by atoms with Crippen LogP contribution in [0.2, 0.25) is 0 Å². The van der Waals surface area contributed by atoms with Crippen molar-refractivity contribution in [2.75, 3.05) is 7.11 Å². The molecular weight excluding hydrogens is 202 g/mol. The summed E-state index contributed by atoms with van der Waals surface area (Å²) in [5.74, 6) is 1.24. The summed E-state index contributed by atoms with van der Waals surface area (Å²) in [5, 5.41) is 0. The van der Waals surface area contributed by atoms with Crippen LogP contribution in [0.25, 0.3) is 0 Å². The smallest absolute Gasteiger partial charge is 0.181 e. The van der Waals surface area contributed by atoms with Gasteiger partial charge in [-0.05, 0) is 36.6 Å². The van der Waals surface area contributed by atoms with Crippen LogP contribution < -0.4 is 0 Å². The number of Topliss-reactive ketones (excluding diaryl/α,β-unsaturated/α-hetero) is 1. The Morgan fingerprint density at radius 2 is 2.25 bits per heavy atom. The molecule has 0 unspecified atom stereocenters. The third-order valence-electron chi connectivity index (χ3n) is 3.34. The summed E-state index contributed by atoms with van der Waals surface area (Å²) in [6.07, 6.45) is 8.50. The van der Waals surface area contributed by atoms with Gasteiger partial charge in [0.1, 0.15) is 11.5 Å². The summed E-state index contributed by atoms with van der Waals surface area (Å²) in [6.45, 7) is 0. The van der Waals surface area contributed by atoms with Crippen molar-refractivity contribution < 1.29 is 9.53 Å². The van der Waals surface area contributed by atoms with E-state index in [2.05, 4.69) is 11.1 Å². The largest absolute Gasteiger partial charge is 0.497 e. The first-order chi connectivity index (χ1) is 7.79. The number of fused-ring (bicyclic) bond motifs is 2. The molecule has 3 heteroatoms. The lowest BCUT2D eigenvalue weighted by atomic mass is 9.85. The van der Waals surface area contributed by atoms with Crippen LogP contribution in [0.5, 0.6) is 0 Å². The van der Waals surface area contributed by atoms with E-state index in [0.717, 1.165) is 24.3 Å². The van der Waals surface area contributed by atoms with Gasteiger partial charge in [-0.2, -0.15) is 0 Å². The van der Waals surface area contributed by atoms with E-state index in [-0.39, 0.29) is 11.7 Å². The van der Waals surface area contributed by atoms with E-state index < -0.39 is 0 Å². The predicted octanol–water partition coefficient (Wildman–Crippen LogP) is 2.16. The van der Waals surface area contributed by atoms with Crippen LogP contribution in [0.15, 0.2) is 40.2 Å². The van der Waals surface area contributed by atoms with Crippen LogP contribution >= 0.6 is 0 Å². The minimum Gasteiger partial charge on any atom is -0.497 e. The normalized spacial score (nSPS) is 27.3. The molecular formula is C13H13NO2. The van der Waals surface area contributed by atoms with Crippen LogP contribution in [0.4, 0.5) is 0 Å². The Morgan fingerprint density at radius 1 is 1.38 bits per heavy atom. The van der Waals surface area contributed by atoms with Crippen LogP contribution in [-0.4, -0.2) is 18.6 Å². The molecule has 16 heavy (non-hydrogen) atoms. The molecule has 0 aromatic carbocycles. The summed E-state index contributed by atoms with van der Waals surface area (Å²) in [4.78, 5) is 16.2. The Hall–Kier alpha value is -1.64. The van der Waals surface area contributed by atoms with Crippen LogP contribution in [-0.2, 0) is 9.53 Å². The van der Waals surface area contributed by atoms with Gasteiger partial charge in [-0.3, -0.25) is 4.79 Å². The maximum Gasteiger partial charge on any atom is 0.181 e. The molecule has 1 aliphatic heterocycles. The highest BCUT2D eigenvalue weighted by atomic mass is 16.5. The summed E-state index contributed by atoms with van der Waals surface area (Å²) in [6, 6.07) is 0. The molecule has 0 amide bonds. The average molecular weight is 215 g/mol. The highest BCUT2D eigenvalue weighted by molar-refractivity contribution is 6.10. The third kappa shape index (κ3) is 1.28. The SMILES string of the molecule is COC1=C[C@H]2C(=NC3=C2CCCC3=O)C=C1. The maximum atomic E-state index is 11.7. The zero-order valence-electron chi connectivity index (χ0n) is 9.19. The Morgan fingerprint density at radius 3 is 3.06 bits per heavy atom. The van der Waals surface area contributed by atoms with E-state index in [9.17, 15) is 4.79 Å². The molecule has 0 aromatic rings. The van der Waals surface area contributed by atoms with Crippen LogP contribution in [0, 0.1) is 5.92 Å². The summed E-state index contributed by atoms with van der Waals surface area (Å²) in [5.41, 5.74) is 2.88. The average Bonchev–Trinajstić information content (AvgIpc) is 2.68. The molecule has 0 fully saturated rings. The number of ether oxygens (including phenoxy) is 1. The molecule has 1 heterocycles. The molecule has 2 aliphatic carbocycles. The van der Waals surface area contributed by atoms with E-state index >= 15 is 0 Å². The second kappa shape index (κ2) is 3.44. The van der Waals surface area contributed by atoms with Crippen molar-refractivity contribution in [2.45, 2.75) is 19.3 Å². The van der Waals surface area contributed by atoms with Gasteiger partial charge in [-0.15, -0.1) is 0 Å². The van der Waals surface area contributed by atoms with E-state index in [1.807, 2.05) is 12.2 Å². The van der Waals surface area contributed by atoms with Crippen molar-refractivity contribution >= 4 is 11.5 Å². The zero-order chi connectivity index (χ0) is 11.1. The standard InChI is InChI=1S/C13H13NO2/c1-16-8-5-6-11-10(7-8)9-3-2-4-12(15)13(9)14-11/h5-7,10H,2-4H2,1H3/t10-/m1/s1. The molecule has 3 aliphatic rings. The number of methoxy groups -OCH3 is 1. The first-order valence-corrected chi connectivity index (χ1v) is 5.58. The second-order valence-electron chi connectivity index (χ2n) is 4.27. The number of nitrogens with zero attached hydrogens (tertiary/aromatic N) is 1. The lowest BCUT2D eigenvalue weighted by molar-refractivity contribution is -0.116. The van der Waals surface area contributed by atoms with Gasteiger partial charge >= 0.3 is 0 Å². The van der Waals surface area contributed by atoms with Gasteiger partial charge in [0.2, 0.25) is 0 Å². The first kappa shape index (κ1) is 9.58. The molecule has 1 atom stereocenters. The molecule has 0 aromatic heterocycles. The van der Waals surface area contributed by atoms with E-state index in [1.54, 1.807) is 7.11 Å². The van der Waals surface area contributed by atoms with Gasteiger partial charge in [-0.25, -0.2) is 4.99 Å². The maximum absolute atomic E-state index is 11.7. The number of carbonyl (C=O) groups excluding carboxylic acids is 1. The van der Waals surface area contributed by atoms with E-state index in [1.165, 1.54) is 5.57 Å². The Balaban J connectivity index is 2.03. The van der Waals surface area contributed by atoms with Gasteiger partial charge in [0, 0.05) is 12.3 Å². The van der Waals surface area contributed by atoms with Crippen molar-refractivity contribution in [3.8, 4) is 0 Å². The molecule has 3 nitrogen and oxygen atoms in total. The number of carbonyl (C=O) groups is 1. The molecule has 0 radical (unpaired) electrons. The summed E-state index contributed by atoms with van der Waals surface area (Å²) < 4.78 is 5.22. The number of rotatable bonds is 1. The lowest BCUT2D eigenvalue weighted by Crippen LogP contribution is -2.15. The molecule has 82 valence electrons. The van der Waals surface area contributed by atoms with Gasteiger partial charge in [0.25, 0.3) is 0 Å². The molecule has 3 rings (SSSR count). The van der Waals surface area contributed by atoms with Crippen molar-refractivity contribution in [1.82, 2.24) is 0 Å². The number of hydrogen-bond acceptors (Lipinski definition) is 3. The Labute approximate surface area is 94.2 Å². The van der Waals surface area contributed by atoms with Gasteiger partial charge in [0.05, 0.1) is 12.8 Å². The van der Waals surface area contributed by atoms with Gasteiger partial charge in [-0.1, -0.05) is 0 Å². The summed E-state index contributed by atoms with van der Waals surface area (Å²) in [7, 11) is 1.66. The molecule has 0 N–H and O–H groups in total. The molecule has 0 bridgehead atoms. The third-order valence-corrected chi connectivity index (χ3v) is 3.34. The van der Waals surface area contributed by atoms with Crippen molar-refractivity contribution in [2.24, 2.45) is 10.9 Å². The highest BCUT2D eigenvalue weighted by Crippen LogP contribution is 2.38. The fourth-order valence-electron chi connectivity index (χ4n) is 2.52. The van der Waals surface area contributed by atoms with Crippen LogP contribution in [0.3, 0.4) is 0 Å². The van der Waals surface area contributed by atoms with Crippen LogP contribution in [0.1, 0.15) is 19.3 Å². The minimum atomic E-state index is 0.180. The number of hydrogen-bond donors (Lipinski definition) is 0. The summed E-state index contributed by atoms with van der Waals surface area (Å²) >= 11 is 0. The Kier molecular flexibility index (Phi) is 2.06. The monoisotopic (exact) mass is 215 g/mol. The second-order valence-corrected chi connectivity index (χ2v) is 4.27. The molecule has 0 saturated carbocycles. The number of ketones is 1. The highest BCUT2D eigenvalue weighted by Gasteiger charge is 2.33. The van der Waals surface area contributed by atoms with Gasteiger partial charge < -0.3 is 4.74 Å². The molecule has 0 spiro atoms. The van der Waals surface area contributed by atoms with Gasteiger partial charge in [0.15, 0.2) is 5.78 Å². The minimum absolute atomic E-state index is 0.180. The first-order valence-electron chi connectivity index (χ1n) is 5.58. The van der Waals surface area contributed by atoms with Crippen molar-refractivity contribution in [1.29, 1.82) is 0 Å². The lowest BCUT2D eigenvalue weighted by Gasteiger charge is -2.18. The van der Waals surface area contributed by atoms with Crippen molar-refractivity contribution in [3.63, 3.8) is 0 Å².